The molecule has 4 nitrogen and oxygen atoms in total. The van der Waals surface area contributed by atoms with Gasteiger partial charge >= 0.3 is 0 Å². The minimum absolute atomic E-state index is 0.258. The Hall–Kier alpha value is -1.55. The Morgan fingerprint density at radius 3 is 2.56 bits per heavy atom. The number of nitrogens with two attached hydrogens (primary N) is 1. The Bertz CT molecular complexity index is 340. The van der Waals surface area contributed by atoms with Crippen LogP contribution in [-0.2, 0) is 9.53 Å². The van der Waals surface area contributed by atoms with Crippen molar-refractivity contribution in [3.05, 3.63) is 30.3 Å². The first-order valence-electron chi connectivity index (χ1n) is 5.29. The van der Waals surface area contributed by atoms with Crippen LogP contribution in [0.2, 0.25) is 0 Å². The second-order valence-corrected chi connectivity index (χ2v) is 3.82. The van der Waals surface area contributed by atoms with Gasteiger partial charge in [-0.15, -0.1) is 0 Å². The molecule has 0 saturated carbocycles. The van der Waals surface area contributed by atoms with E-state index in [0.29, 0.717) is 6.61 Å². The van der Waals surface area contributed by atoms with Crippen LogP contribution in [-0.4, -0.2) is 24.7 Å². The molecule has 4 heteroatoms. The third-order valence-electron chi connectivity index (χ3n) is 2.33. The molecule has 88 valence electrons. The maximum atomic E-state index is 11.4. The number of benzene rings is 1. The molecule has 0 aliphatic heterocycles. The first-order valence-corrected chi connectivity index (χ1v) is 5.29. The predicted octanol–water partition coefficient (Wildman–Crippen LogP) is 1.38. The molecule has 0 aromatic heterocycles. The Morgan fingerprint density at radius 1 is 1.44 bits per heavy atom. The summed E-state index contributed by atoms with van der Waals surface area (Å²) in [4.78, 5) is 11.4. The average Bonchev–Trinajstić information content (AvgIpc) is 2.27. The van der Waals surface area contributed by atoms with E-state index >= 15 is 0 Å². The normalized spacial score (nSPS) is 14.1. The summed E-state index contributed by atoms with van der Waals surface area (Å²) < 4.78 is 5.27. The maximum absolute atomic E-state index is 11.4. The molecular weight excluding hydrogens is 204 g/mol. The van der Waals surface area contributed by atoms with Crippen molar-refractivity contribution >= 4 is 11.6 Å². The zero-order chi connectivity index (χ0) is 12.0. The third kappa shape index (κ3) is 3.24. The highest BCUT2D eigenvalue weighted by atomic mass is 16.5. The van der Waals surface area contributed by atoms with Crippen LogP contribution in [0, 0.1) is 0 Å². The van der Waals surface area contributed by atoms with Crippen LogP contribution in [0.15, 0.2) is 30.3 Å². The monoisotopic (exact) mass is 222 g/mol. The fourth-order valence-electron chi connectivity index (χ4n) is 1.32. The van der Waals surface area contributed by atoms with Gasteiger partial charge in [-0.2, -0.15) is 0 Å². The topological polar surface area (TPSA) is 64.3 Å². The molecule has 1 rings (SSSR count). The summed E-state index contributed by atoms with van der Waals surface area (Å²) >= 11 is 0. The number of rotatable bonds is 6. The predicted molar refractivity (Wildman–Crippen MR) is 64.2 cm³/mol. The van der Waals surface area contributed by atoms with Gasteiger partial charge in [0.05, 0.1) is 6.61 Å². The number of carbonyl (C=O) groups excluding carboxylic acids is 1. The maximum Gasteiger partial charge on any atom is 0.245 e. The van der Waals surface area contributed by atoms with Gasteiger partial charge in [0.25, 0.3) is 0 Å². The molecule has 1 unspecified atom stereocenters. The van der Waals surface area contributed by atoms with Gasteiger partial charge in [-0.1, -0.05) is 18.2 Å². The van der Waals surface area contributed by atoms with Gasteiger partial charge in [-0.3, -0.25) is 4.79 Å². The van der Waals surface area contributed by atoms with Gasteiger partial charge in [0, 0.05) is 12.3 Å². The molecule has 0 radical (unpaired) electrons. The fraction of sp³-hybridized carbons (Fsp3) is 0.417. The molecule has 0 fully saturated rings. The second-order valence-electron chi connectivity index (χ2n) is 3.82. The summed E-state index contributed by atoms with van der Waals surface area (Å²) in [7, 11) is 0. The van der Waals surface area contributed by atoms with Gasteiger partial charge in [-0.25, -0.2) is 0 Å². The molecule has 1 amide bonds. The summed E-state index contributed by atoms with van der Waals surface area (Å²) in [6.45, 7) is 4.43. The van der Waals surface area contributed by atoms with Crippen molar-refractivity contribution in [1.82, 2.24) is 0 Å². The van der Waals surface area contributed by atoms with Crippen LogP contribution < -0.4 is 11.1 Å². The van der Waals surface area contributed by atoms with E-state index in [0.717, 1.165) is 5.69 Å². The summed E-state index contributed by atoms with van der Waals surface area (Å²) in [5.41, 5.74) is 5.35. The van der Waals surface area contributed by atoms with Crippen molar-refractivity contribution < 1.29 is 9.53 Å². The number of nitrogens with one attached hydrogen (secondary N) is 1. The Kier molecular flexibility index (Phi) is 4.31. The first kappa shape index (κ1) is 12.5. The SMILES string of the molecule is CCOCC(C)(Nc1ccccc1)C(N)=O. The third-order valence-corrected chi connectivity index (χ3v) is 2.33. The van der Waals surface area contributed by atoms with E-state index in [-0.39, 0.29) is 6.61 Å². The molecule has 0 aliphatic rings. The Balaban J connectivity index is 2.75. The van der Waals surface area contributed by atoms with Crippen molar-refractivity contribution in [2.75, 3.05) is 18.5 Å². The molecular formula is C12H18N2O2. The van der Waals surface area contributed by atoms with Crippen LogP contribution in [0.5, 0.6) is 0 Å². The van der Waals surface area contributed by atoms with E-state index in [2.05, 4.69) is 5.32 Å². The smallest absolute Gasteiger partial charge is 0.245 e. The molecule has 1 aromatic rings. The number of hydrogen-bond acceptors (Lipinski definition) is 3. The van der Waals surface area contributed by atoms with Crippen molar-refractivity contribution in [2.45, 2.75) is 19.4 Å². The standard InChI is InChI=1S/C12H18N2O2/c1-3-16-9-12(2,11(13)15)14-10-7-5-4-6-8-10/h4-8,14H,3,9H2,1-2H3,(H2,13,15). The van der Waals surface area contributed by atoms with E-state index in [4.69, 9.17) is 10.5 Å². The fourth-order valence-corrected chi connectivity index (χ4v) is 1.32. The molecule has 0 aliphatic carbocycles. The lowest BCUT2D eigenvalue weighted by molar-refractivity contribution is -0.123. The lowest BCUT2D eigenvalue weighted by atomic mass is 10.0. The van der Waals surface area contributed by atoms with E-state index in [1.165, 1.54) is 0 Å². The largest absolute Gasteiger partial charge is 0.379 e. The summed E-state index contributed by atoms with van der Waals surface area (Å²) in [5.74, 6) is -0.426. The number of anilines is 1. The average molecular weight is 222 g/mol. The van der Waals surface area contributed by atoms with E-state index in [1.807, 2.05) is 37.3 Å². The lowest BCUT2D eigenvalue weighted by Crippen LogP contribution is -2.51. The molecule has 3 N–H and O–H groups in total. The zero-order valence-corrected chi connectivity index (χ0v) is 9.69. The highest BCUT2D eigenvalue weighted by Crippen LogP contribution is 2.15. The van der Waals surface area contributed by atoms with Gasteiger partial charge in [0.1, 0.15) is 5.54 Å². The van der Waals surface area contributed by atoms with E-state index in [1.54, 1.807) is 6.92 Å². The summed E-state index contributed by atoms with van der Waals surface area (Å²) in [6, 6.07) is 9.46. The first-order chi connectivity index (χ1) is 7.58. The van der Waals surface area contributed by atoms with Crippen molar-refractivity contribution in [3.8, 4) is 0 Å². The van der Waals surface area contributed by atoms with Gasteiger partial charge in [0.2, 0.25) is 5.91 Å². The number of para-hydroxylation sites is 1. The minimum atomic E-state index is -0.878. The molecule has 16 heavy (non-hydrogen) atoms. The van der Waals surface area contributed by atoms with Crippen molar-refractivity contribution in [2.24, 2.45) is 5.73 Å². The molecule has 1 atom stereocenters. The number of hydrogen-bond donors (Lipinski definition) is 2. The van der Waals surface area contributed by atoms with Gasteiger partial charge < -0.3 is 15.8 Å². The lowest BCUT2D eigenvalue weighted by Gasteiger charge is -2.28. The molecule has 0 heterocycles. The van der Waals surface area contributed by atoms with Crippen LogP contribution in [0.1, 0.15) is 13.8 Å². The highest BCUT2D eigenvalue weighted by molar-refractivity contribution is 5.87. The number of ether oxygens (including phenoxy) is 1. The van der Waals surface area contributed by atoms with Crippen LogP contribution >= 0.6 is 0 Å². The van der Waals surface area contributed by atoms with Crippen molar-refractivity contribution in [1.29, 1.82) is 0 Å². The summed E-state index contributed by atoms with van der Waals surface area (Å²) in [5, 5.41) is 3.09. The van der Waals surface area contributed by atoms with Crippen LogP contribution in [0.25, 0.3) is 0 Å². The van der Waals surface area contributed by atoms with Gasteiger partial charge in [0.15, 0.2) is 0 Å². The molecule has 0 spiro atoms. The van der Waals surface area contributed by atoms with Crippen molar-refractivity contribution in [3.63, 3.8) is 0 Å². The molecule has 1 aromatic carbocycles. The molecule has 0 saturated heterocycles. The number of carbonyl (C=O) groups is 1. The van der Waals surface area contributed by atoms with Gasteiger partial charge in [-0.05, 0) is 26.0 Å². The second kappa shape index (κ2) is 5.51. The molecule has 0 bridgehead atoms. The van der Waals surface area contributed by atoms with Crippen LogP contribution in [0.4, 0.5) is 5.69 Å². The Morgan fingerprint density at radius 2 is 2.06 bits per heavy atom. The summed E-state index contributed by atoms with van der Waals surface area (Å²) in [6.07, 6.45) is 0. The van der Waals surface area contributed by atoms with E-state index in [9.17, 15) is 4.79 Å². The minimum Gasteiger partial charge on any atom is -0.379 e. The van der Waals surface area contributed by atoms with Crippen LogP contribution in [0.3, 0.4) is 0 Å². The number of amides is 1. The highest BCUT2D eigenvalue weighted by Gasteiger charge is 2.31. The zero-order valence-electron chi connectivity index (χ0n) is 9.69. The van der Waals surface area contributed by atoms with E-state index < -0.39 is 11.4 Å². The Labute approximate surface area is 95.8 Å². The quantitative estimate of drug-likeness (QED) is 0.764. The number of primary amides is 1.